The molecule has 0 radical (unpaired) electrons. The van der Waals surface area contributed by atoms with Crippen LogP contribution < -0.4 is 0 Å². The van der Waals surface area contributed by atoms with Crippen molar-refractivity contribution in [1.29, 1.82) is 0 Å². The molecule has 0 fully saturated rings. The van der Waals surface area contributed by atoms with E-state index in [1.165, 1.54) is 5.39 Å². The van der Waals surface area contributed by atoms with Gasteiger partial charge in [0.2, 0.25) is 0 Å². The maximum atomic E-state index is 4.23. The van der Waals surface area contributed by atoms with Crippen molar-refractivity contribution in [3.63, 3.8) is 0 Å². The molecule has 80 valence electrons. The van der Waals surface area contributed by atoms with E-state index in [2.05, 4.69) is 48.2 Å². The zero-order valence-corrected chi connectivity index (χ0v) is 10.9. The Bertz CT molecular complexity index is 565. The average Bonchev–Trinajstić information content (AvgIpc) is 2.25. The van der Waals surface area contributed by atoms with Crippen molar-refractivity contribution >= 4 is 18.8 Å². The smallest absolute Gasteiger partial charge is 0.129 e. The highest BCUT2D eigenvalue weighted by Crippen LogP contribution is 2.16. The first-order valence-corrected chi connectivity index (χ1v) is 8.92. The third-order valence-corrected chi connectivity index (χ3v) is 3.12. The molecule has 0 unspecified atom stereocenters. The molecule has 0 aliphatic rings. The predicted molar refractivity (Wildman–Crippen MR) is 72.0 cm³/mol. The molecule has 0 bridgehead atoms. The zero-order valence-electron chi connectivity index (χ0n) is 9.91. The van der Waals surface area contributed by atoms with Crippen LogP contribution in [0.2, 0.25) is 19.6 Å². The predicted octanol–water partition coefficient (Wildman–Crippen LogP) is 3.46. The second kappa shape index (κ2) is 4.11. The van der Waals surface area contributed by atoms with E-state index in [4.69, 9.17) is 0 Å². The van der Waals surface area contributed by atoms with Crippen LogP contribution in [0.4, 0.5) is 0 Å². The second-order valence-corrected chi connectivity index (χ2v) is 9.66. The minimum atomic E-state index is -1.32. The van der Waals surface area contributed by atoms with Crippen molar-refractivity contribution in [2.75, 3.05) is 0 Å². The summed E-state index contributed by atoms with van der Waals surface area (Å²) in [5.74, 6) is 3.28. The van der Waals surface area contributed by atoms with Gasteiger partial charge in [0.05, 0.1) is 5.56 Å². The van der Waals surface area contributed by atoms with Crippen LogP contribution in [0.1, 0.15) is 5.56 Å². The molecular formula is C14H15NSi. The summed E-state index contributed by atoms with van der Waals surface area (Å²) in [6.07, 6.45) is 3.74. The lowest BCUT2D eigenvalue weighted by Gasteiger charge is -2.04. The molecule has 0 aliphatic heterocycles. The molecule has 1 heterocycles. The number of nitrogens with zero attached hydrogens (tertiary/aromatic N) is 1. The molecule has 0 atom stereocenters. The number of aromatic nitrogens is 1. The van der Waals surface area contributed by atoms with Crippen molar-refractivity contribution < 1.29 is 0 Å². The van der Waals surface area contributed by atoms with Gasteiger partial charge in [-0.05, 0) is 0 Å². The standard InChI is InChI=1S/C14H15NSi/c1-16(2,3)9-8-13-11-15-10-12-6-4-5-7-14(12)13/h4-7,10-11H,1-3H3. The molecule has 2 heteroatoms. The van der Waals surface area contributed by atoms with E-state index in [1.807, 2.05) is 24.5 Å². The fourth-order valence-corrected chi connectivity index (χ4v) is 1.98. The minimum absolute atomic E-state index is 1.04. The van der Waals surface area contributed by atoms with Gasteiger partial charge >= 0.3 is 0 Å². The van der Waals surface area contributed by atoms with Crippen LogP contribution >= 0.6 is 0 Å². The van der Waals surface area contributed by atoms with Gasteiger partial charge < -0.3 is 0 Å². The van der Waals surface area contributed by atoms with E-state index in [1.54, 1.807) is 0 Å². The SMILES string of the molecule is C[Si](C)(C)C#Cc1cncc2ccccc12. The second-order valence-electron chi connectivity index (χ2n) is 4.91. The average molecular weight is 225 g/mol. The van der Waals surface area contributed by atoms with E-state index >= 15 is 0 Å². The van der Waals surface area contributed by atoms with Gasteiger partial charge in [-0.1, -0.05) is 49.8 Å². The third-order valence-electron chi connectivity index (χ3n) is 2.24. The minimum Gasteiger partial charge on any atom is -0.263 e. The Morgan fingerprint density at radius 1 is 1.06 bits per heavy atom. The molecule has 2 rings (SSSR count). The van der Waals surface area contributed by atoms with Gasteiger partial charge in [0, 0.05) is 23.2 Å². The highest BCUT2D eigenvalue weighted by Gasteiger charge is 2.07. The normalized spacial score (nSPS) is 10.9. The summed E-state index contributed by atoms with van der Waals surface area (Å²) in [6, 6.07) is 8.25. The fourth-order valence-electron chi connectivity index (χ4n) is 1.47. The third kappa shape index (κ3) is 2.50. The first-order valence-electron chi connectivity index (χ1n) is 5.42. The lowest BCUT2D eigenvalue weighted by molar-refractivity contribution is 1.35. The number of pyridine rings is 1. The number of fused-ring (bicyclic) bond motifs is 1. The molecule has 0 N–H and O–H groups in total. The van der Waals surface area contributed by atoms with Crippen molar-refractivity contribution in [1.82, 2.24) is 4.98 Å². The summed E-state index contributed by atoms with van der Waals surface area (Å²) in [7, 11) is -1.32. The van der Waals surface area contributed by atoms with Crippen LogP contribution in [-0.2, 0) is 0 Å². The molecule has 1 nitrogen and oxygen atoms in total. The van der Waals surface area contributed by atoms with Gasteiger partial charge in [-0.25, -0.2) is 0 Å². The van der Waals surface area contributed by atoms with E-state index in [9.17, 15) is 0 Å². The molecule has 1 aromatic heterocycles. The Labute approximate surface area is 97.5 Å². The molecule has 16 heavy (non-hydrogen) atoms. The largest absolute Gasteiger partial charge is 0.263 e. The summed E-state index contributed by atoms with van der Waals surface area (Å²) in [6.45, 7) is 6.75. The summed E-state index contributed by atoms with van der Waals surface area (Å²) in [5.41, 5.74) is 4.42. The molecule has 0 aliphatic carbocycles. The van der Waals surface area contributed by atoms with Gasteiger partial charge in [-0.15, -0.1) is 5.54 Å². The zero-order chi connectivity index (χ0) is 11.6. The van der Waals surface area contributed by atoms with Crippen LogP contribution in [0.15, 0.2) is 36.7 Å². The number of rotatable bonds is 0. The molecular weight excluding hydrogens is 210 g/mol. The van der Waals surface area contributed by atoms with Gasteiger partial charge in [0.15, 0.2) is 0 Å². The first-order chi connectivity index (χ1) is 7.56. The van der Waals surface area contributed by atoms with Crippen LogP contribution in [0.25, 0.3) is 10.8 Å². The van der Waals surface area contributed by atoms with Gasteiger partial charge in [0.1, 0.15) is 8.07 Å². The molecule has 2 aromatic rings. The highest BCUT2D eigenvalue weighted by molar-refractivity contribution is 6.83. The maximum Gasteiger partial charge on any atom is 0.129 e. The Balaban J connectivity index is 2.56. The number of hydrogen-bond acceptors (Lipinski definition) is 1. The molecule has 0 amide bonds. The first kappa shape index (κ1) is 10.9. The van der Waals surface area contributed by atoms with Crippen molar-refractivity contribution in [2.24, 2.45) is 0 Å². The molecule has 0 saturated heterocycles. The summed E-state index contributed by atoms with van der Waals surface area (Å²) in [4.78, 5) is 4.23. The van der Waals surface area contributed by atoms with Crippen LogP contribution in [0, 0.1) is 11.5 Å². The Morgan fingerprint density at radius 2 is 1.81 bits per heavy atom. The lowest BCUT2D eigenvalue weighted by Crippen LogP contribution is -2.16. The topological polar surface area (TPSA) is 12.9 Å². The van der Waals surface area contributed by atoms with Gasteiger partial charge in [-0.2, -0.15) is 0 Å². The molecule has 1 aromatic carbocycles. The van der Waals surface area contributed by atoms with Gasteiger partial charge in [0.25, 0.3) is 0 Å². The van der Waals surface area contributed by atoms with E-state index in [-0.39, 0.29) is 0 Å². The van der Waals surface area contributed by atoms with Crippen LogP contribution in [0.5, 0.6) is 0 Å². The van der Waals surface area contributed by atoms with Gasteiger partial charge in [-0.3, -0.25) is 4.98 Å². The summed E-state index contributed by atoms with van der Waals surface area (Å²) < 4.78 is 0. The number of hydrogen-bond donors (Lipinski definition) is 0. The van der Waals surface area contributed by atoms with Crippen molar-refractivity contribution in [3.8, 4) is 11.5 Å². The lowest BCUT2D eigenvalue weighted by atomic mass is 10.1. The van der Waals surface area contributed by atoms with E-state index in [0.29, 0.717) is 0 Å². The fraction of sp³-hybridized carbons (Fsp3) is 0.214. The molecule has 0 saturated carbocycles. The molecule has 0 spiro atoms. The van der Waals surface area contributed by atoms with E-state index < -0.39 is 8.07 Å². The summed E-state index contributed by atoms with van der Waals surface area (Å²) in [5, 5.41) is 2.35. The van der Waals surface area contributed by atoms with E-state index in [0.717, 1.165) is 10.9 Å². The Morgan fingerprint density at radius 3 is 2.56 bits per heavy atom. The maximum absolute atomic E-state index is 4.23. The Hall–Kier alpha value is -1.59. The van der Waals surface area contributed by atoms with Crippen LogP contribution in [-0.4, -0.2) is 13.1 Å². The quantitative estimate of drug-likeness (QED) is 0.494. The van der Waals surface area contributed by atoms with Crippen molar-refractivity contribution in [3.05, 3.63) is 42.2 Å². The number of benzene rings is 1. The summed E-state index contributed by atoms with van der Waals surface area (Å²) >= 11 is 0. The Kier molecular flexibility index (Phi) is 2.80. The van der Waals surface area contributed by atoms with Crippen molar-refractivity contribution in [2.45, 2.75) is 19.6 Å². The monoisotopic (exact) mass is 225 g/mol. The van der Waals surface area contributed by atoms with Crippen LogP contribution in [0.3, 0.4) is 0 Å². The highest BCUT2D eigenvalue weighted by atomic mass is 28.3.